The van der Waals surface area contributed by atoms with Crippen molar-refractivity contribution in [1.82, 2.24) is 4.98 Å². The van der Waals surface area contributed by atoms with Gasteiger partial charge in [-0.3, -0.25) is 9.98 Å². The third kappa shape index (κ3) is 6.06. The van der Waals surface area contributed by atoms with Crippen LogP contribution in [0.4, 0.5) is 35.9 Å². The number of pyridine rings is 1. The second-order valence-electron chi connectivity index (χ2n) is 6.20. The van der Waals surface area contributed by atoms with Crippen LogP contribution in [0.5, 0.6) is 0 Å². The largest absolute Gasteiger partial charge is 0.433 e. The predicted molar refractivity (Wildman–Crippen MR) is 114 cm³/mol. The Morgan fingerprint density at radius 2 is 1.67 bits per heavy atom. The molecule has 0 saturated carbocycles. The number of nitrogens with two attached hydrogens (primary N) is 1. The van der Waals surface area contributed by atoms with Crippen molar-refractivity contribution in [2.45, 2.75) is 6.18 Å². The summed E-state index contributed by atoms with van der Waals surface area (Å²) in [6.45, 7) is 0.106. The number of rotatable bonds is 7. The Morgan fingerprint density at radius 1 is 0.967 bits per heavy atom. The average molecular weight is 412 g/mol. The lowest BCUT2D eigenvalue weighted by atomic mass is 10.2. The Hall–Kier alpha value is -3.88. The van der Waals surface area contributed by atoms with Gasteiger partial charge in [-0.15, -0.1) is 0 Å². The van der Waals surface area contributed by atoms with E-state index in [4.69, 9.17) is 5.84 Å². The van der Waals surface area contributed by atoms with Crippen LogP contribution in [0.2, 0.25) is 0 Å². The average Bonchev–Trinajstić information content (AvgIpc) is 2.75. The molecule has 3 rings (SSSR count). The van der Waals surface area contributed by atoms with Crippen LogP contribution in [0.25, 0.3) is 0 Å². The summed E-state index contributed by atoms with van der Waals surface area (Å²) < 4.78 is 38.2. The van der Waals surface area contributed by atoms with E-state index in [0.717, 1.165) is 23.6 Å². The first-order valence-corrected chi connectivity index (χ1v) is 8.94. The van der Waals surface area contributed by atoms with Gasteiger partial charge in [0.15, 0.2) is 0 Å². The highest BCUT2D eigenvalue weighted by atomic mass is 19.4. The van der Waals surface area contributed by atoms with Crippen molar-refractivity contribution < 1.29 is 13.2 Å². The molecule has 1 aromatic heterocycles. The van der Waals surface area contributed by atoms with Crippen LogP contribution < -0.4 is 16.5 Å². The zero-order valence-corrected chi connectivity index (χ0v) is 15.8. The Labute approximate surface area is 171 Å². The Kier molecular flexibility index (Phi) is 6.63. The maximum Gasteiger partial charge on any atom is 0.433 e. The van der Waals surface area contributed by atoms with Gasteiger partial charge in [-0.25, -0.2) is 0 Å². The molecule has 0 bridgehead atoms. The van der Waals surface area contributed by atoms with E-state index in [0.29, 0.717) is 11.4 Å². The Morgan fingerprint density at radius 3 is 2.33 bits per heavy atom. The molecule has 0 aliphatic rings. The summed E-state index contributed by atoms with van der Waals surface area (Å²) in [6.07, 6.45) is -1.96. The summed E-state index contributed by atoms with van der Waals surface area (Å²) in [5, 5.41) is 9.72. The quantitative estimate of drug-likeness (QED) is 0.290. The number of hydrazone groups is 1. The smallest absolute Gasteiger partial charge is 0.379 e. The molecule has 9 heteroatoms. The van der Waals surface area contributed by atoms with Crippen LogP contribution in [0.1, 0.15) is 5.69 Å². The van der Waals surface area contributed by atoms with Crippen molar-refractivity contribution in [3.8, 4) is 0 Å². The summed E-state index contributed by atoms with van der Waals surface area (Å²) in [6, 6.07) is 19.5. The Bertz CT molecular complexity index is 1010. The molecule has 0 fully saturated rings. The predicted octanol–water partition coefficient (Wildman–Crippen LogP) is 4.97. The van der Waals surface area contributed by atoms with Crippen molar-refractivity contribution in [2.24, 2.45) is 15.9 Å². The number of para-hydroxylation sites is 1. The van der Waals surface area contributed by atoms with Gasteiger partial charge in [0.2, 0.25) is 0 Å². The molecule has 4 N–H and O–H groups in total. The summed E-state index contributed by atoms with van der Waals surface area (Å²) in [5.41, 5.74) is 2.21. The second kappa shape index (κ2) is 9.55. The minimum Gasteiger partial charge on any atom is -0.379 e. The van der Waals surface area contributed by atoms with E-state index in [1.165, 1.54) is 12.3 Å². The number of hydrogen-bond donors (Lipinski definition) is 3. The molecule has 0 spiro atoms. The standard InChI is InChI=1S/C21H19F3N6/c22-21(23,24)20-12-18(10-11-26-20)28-14-19(30-25)13-27-15-6-8-17(9-7-15)29-16-4-2-1-3-5-16/h1-13,29H,14,25H2,(H,26,28)/b27-13?,30-19+. The van der Waals surface area contributed by atoms with Crippen LogP contribution in [-0.2, 0) is 6.18 Å². The number of nitrogens with zero attached hydrogens (tertiary/aromatic N) is 3. The van der Waals surface area contributed by atoms with Gasteiger partial charge in [0.05, 0.1) is 24.2 Å². The fraction of sp³-hybridized carbons (Fsp3) is 0.0952. The van der Waals surface area contributed by atoms with Crippen LogP contribution >= 0.6 is 0 Å². The molecule has 0 aliphatic carbocycles. The molecule has 3 aromatic rings. The normalized spacial score (nSPS) is 12.2. The second-order valence-corrected chi connectivity index (χ2v) is 6.20. The minimum absolute atomic E-state index is 0.106. The van der Waals surface area contributed by atoms with Gasteiger partial charge in [0, 0.05) is 23.3 Å². The molecule has 30 heavy (non-hydrogen) atoms. The summed E-state index contributed by atoms with van der Waals surface area (Å²) in [5.74, 6) is 5.36. The molecule has 0 atom stereocenters. The van der Waals surface area contributed by atoms with Gasteiger partial charge in [-0.1, -0.05) is 18.2 Å². The number of hydrogen-bond acceptors (Lipinski definition) is 6. The maximum atomic E-state index is 12.7. The van der Waals surface area contributed by atoms with Gasteiger partial charge in [-0.2, -0.15) is 18.3 Å². The van der Waals surface area contributed by atoms with Crippen molar-refractivity contribution in [3.05, 3.63) is 78.6 Å². The minimum atomic E-state index is -4.51. The number of benzene rings is 2. The molecule has 2 aromatic carbocycles. The van der Waals surface area contributed by atoms with E-state index >= 15 is 0 Å². The van der Waals surface area contributed by atoms with E-state index in [2.05, 4.69) is 25.7 Å². The maximum absolute atomic E-state index is 12.7. The lowest BCUT2D eigenvalue weighted by Crippen LogP contribution is -2.17. The zero-order chi connectivity index (χ0) is 21.4. The van der Waals surface area contributed by atoms with Crippen LogP contribution in [-0.4, -0.2) is 23.5 Å². The highest BCUT2D eigenvalue weighted by Crippen LogP contribution is 2.28. The lowest BCUT2D eigenvalue weighted by Gasteiger charge is -2.09. The van der Waals surface area contributed by atoms with Gasteiger partial charge in [0.1, 0.15) is 5.69 Å². The molecular weight excluding hydrogens is 393 g/mol. The molecule has 0 unspecified atom stereocenters. The number of aliphatic imine (C=N–C) groups is 1. The van der Waals surface area contributed by atoms with Crippen LogP contribution in [0, 0.1) is 0 Å². The summed E-state index contributed by atoms with van der Waals surface area (Å²) >= 11 is 0. The van der Waals surface area contributed by atoms with Crippen LogP contribution in [0.3, 0.4) is 0 Å². The van der Waals surface area contributed by atoms with E-state index in [9.17, 15) is 13.2 Å². The van der Waals surface area contributed by atoms with E-state index < -0.39 is 11.9 Å². The molecule has 0 saturated heterocycles. The van der Waals surface area contributed by atoms with Crippen molar-refractivity contribution in [2.75, 3.05) is 17.2 Å². The molecule has 0 aliphatic heterocycles. The van der Waals surface area contributed by atoms with Gasteiger partial charge in [0.25, 0.3) is 0 Å². The van der Waals surface area contributed by atoms with Gasteiger partial charge in [-0.05, 0) is 48.5 Å². The highest BCUT2D eigenvalue weighted by Gasteiger charge is 2.32. The fourth-order valence-corrected chi connectivity index (χ4v) is 2.48. The van der Waals surface area contributed by atoms with Gasteiger partial charge < -0.3 is 16.5 Å². The molecular formula is C21H19F3N6. The lowest BCUT2D eigenvalue weighted by molar-refractivity contribution is -0.141. The first-order valence-electron chi connectivity index (χ1n) is 8.94. The monoisotopic (exact) mass is 412 g/mol. The molecule has 0 radical (unpaired) electrons. The number of nitrogens with one attached hydrogen (secondary N) is 2. The summed E-state index contributed by atoms with van der Waals surface area (Å²) in [7, 11) is 0. The van der Waals surface area contributed by atoms with E-state index in [1.807, 2.05) is 54.6 Å². The first-order chi connectivity index (χ1) is 14.4. The fourth-order valence-electron chi connectivity index (χ4n) is 2.48. The van der Waals surface area contributed by atoms with Crippen molar-refractivity contribution >= 4 is 34.7 Å². The zero-order valence-electron chi connectivity index (χ0n) is 15.8. The Balaban J connectivity index is 1.58. The summed E-state index contributed by atoms with van der Waals surface area (Å²) in [4.78, 5) is 7.61. The third-order valence-corrected chi connectivity index (χ3v) is 3.98. The molecule has 0 amide bonds. The molecule has 1 heterocycles. The third-order valence-electron chi connectivity index (χ3n) is 3.98. The first kappa shape index (κ1) is 20.8. The molecule has 6 nitrogen and oxygen atoms in total. The molecule has 154 valence electrons. The van der Waals surface area contributed by atoms with Gasteiger partial charge >= 0.3 is 6.18 Å². The number of halogens is 3. The SMILES string of the molecule is N/N=C(\C=Nc1ccc(Nc2ccccc2)cc1)CNc1ccnc(C(F)(F)F)c1. The highest BCUT2D eigenvalue weighted by molar-refractivity contribution is 6.32. The number of alkyl halides is 3. The van der Waals surface area contributed by atoms with E-state index in [1.54, 1.807) is 0 Å². The topological polar surface area (TPSA) is 87.7 Å². The number of aromatic nitrogens is 1. The van der Waals surface area contributed by atoms with Crippen LogP contribution in [0.15, 0.2) is 83.0 Å². The van der Waals surface area contributed by atoms with E-state index in [-0.39, 0.29) is 12.2 Å². The van der Waals surface area contributed by atoms with Crippen molar-refractivity contribution in [1.29, 1.82) is 0 Å². The van der Waals surface area contributed by atoms with Crippen molar-refractivity contribution in [3.63, 3.8) is 0 Å². The number of anilines is 3.